The third kappa shape index (κ3) is 3.68. The number of hydrogen-bond donors (Lipinski definition) is 1. The summed E-state index contributed by atoms with van der Waals surface area (Å²) in [4.78, 5) is 24.6. The van der Waals surface area contributed by atoms with Crippen LogP contribution in [0, 0.1) is 5.41 Å². The van der Waals surface area contributed by atoms with Crippen LogP contribution in [0.1, 0.15) is 37.7 Å². The van der Waals surface area contributed by atoms with E-state index in [1.165, 1.54) is 11.8 Å². The molecule has 1 aliphatic rings. The molecule has 1 aliphatic heterocycles. The van der Waals surface area contributed by atoms with Gasteiger partial charge in [0.1, 0.15) is 6.54 Å². The normalized spacial score (nSPS) is 15.8. The lowest BCUT2D eigenvalue weighted by Crippen LogP contribution is -2.36. The molecule has 21 heavy (non-hydrogen) atoms. The zero-order valence-electron chi connectivity index (χ0n) is 12.5. The molecule has 1 aromatic rings. The van der Waals surface area contributed by atoms with Gasteiger partial charge in [-0.2, -0.15) is 0 Å². The van der Waals surface area contributed by atoms with E-state index in [-0.39, 0.29) is 23.6 Å². The number of carbonyl (C=O) groups excluding carboxylic acids is 1. The van der Waals surface area contributed by atoms with Gasteiger partial charge < -0.3 is 10.0 Å². The number of carboxylic acids is 1. The second kappa shape index (κ2) is 5.67. The summed E-state index contributed by atoms with van der Waals surface area (Å²) in [6, 6.07) is 0. The van der Waals surface area contributed by atoms with Crippen LogP contribution in [0.25, 0.3) is 0 Å². The minimum Gasteiger partial charge on any atom is -0.480 e. The second-order valence-corrected chi connectivity index (χ2v) is 6.18. The summed E-state index contributed by atoms with van der Waals surface area (Å²) in [7, 11) is 0. The molecule has 7 nitrogen and oxygen atoms in total. The Hall–Kier alpha value is -2.18. The Morgan fingerprint density at radius 1 is 1.38 bits per heavy atom. The topological polar surface area (TPSA) is 88.3 Å². The molecular formula is C14H20N4O3. The molecule has 0 aromatic carbocycles. The Labute approximate surface area is 123 Å². The van der Waals surface area contributed by atoms with Crippen LogP contribution in [-0.2, 0) is 11.3 Å². The standard InChI is InChI=1S/C14H20N4O3/c1-14(2,3)10-4-6-17(7-5-10)13(21)11-8-18(16-15-11)9-12(19)20/h4,8H,5-7,9H2,1-3H3,(H,19,20). The molecule has 0 radical (unpaired) electrons. The van der Waals surface area contributed by atoms with Crippen LogP contribution in [0.15, 0.2) is 17.8 Å². The van der Waals surface area contributed by atoms with E-state index in [2.05, 4.69) is 37.2 Å². The molecule has 7 heteroatoms. The van der Waals surface area contributed by atoms with Crippen molar-refractivity contribution in [2.24, 2.45) is 5.41 Å². The van der Waals surface area contributed by atoms with E-state index < -0.39 is 5.97 Å². The summed E-state index contributed by atoms with van der Waals surface area (Å²) in [5.41, 5.74) is 1.66. The molecule has 2 rings (SSSR count). The first-order chi connectivity index (χ1) is 9.77. The maximum atomic E-state index is 12.3. The lowest BCUT2D eigenvalue weighted by molar-refractivity contribution is -0.137. The van der Waals surface area contributed by atoms with E-state index in [9.17, 15) is 9.59 Å². The minimum absolute atomic E-state index is 0.125. The maximum Gasteiger partial charge on any atom is 0.325 e. The number of aliphatic carboxylic acids is 1. The van der Waals surface area contributed by atoms with Crippen molar-refractivity contribution in [1.82, 2.24) is 19.9 Å². The van der Waals surface area contributed by atoms with Gasteiger partial charge in [-0.15, -0.1) is 5.10 Å². The summed E-state index contributed by atoms with van der Waals surface area (Å²) in [5, 5.41) is 16.1. The highest BCUT2D eigenvalue weighted by Crippen LogP contribution is 2.30. The van der Waals surface area contributed by atoms with E-state index in [0.29, 0.717) is 13.1 Å². The monoisotopic (exact) mass is 292 g/mol. The molecule has 0 aliphatic carbocycles. The largest absolute Gasteiger partial charge is 0.480 e. The number of aromatic nitrogens is 3. The van der Waals surface area contributed by atoms with Crippen molar-refractivity contribution >= 4 is 11.9 Å². The molecule has 0 atom stereocenters. The molecule has 1 aromatic heterocycles. The fourth-order valence-corrected chi connectivity index (χ4v) is 2.31. The van der Waals surface area contributed by atoms with Gasteiger partial charge in [0.2, 0.25) is 0 Å². The second-order valence-electron chi connectivity index (χ2n) is 6.18. The number of carboxylic acid groups (broad SMARTS) is 1. The molecule has 0 saturated heterocycles. The Morgan fingerprint density at radius 3 is 2.62 bits per heavy atom. The van der Waals surface area contributed by atoms with Gasteiger partial charge in [0.05, 0.1) is 6.20 Å². The first-order valence-corrected chi connectivity index (χ1v) is 6.88. The third-order valence-corrected chi connectivity index (χ3v) is 3.51. The molecule has 0 spiro atoms. The first-order valence-electron chi connectivity index (χ1n) is 6.88. The minimum atomic E-state index is -1.02. The first kappa shape index (κ1) is 15.2. The van der Waals surface area contributed by atoms with Crippen LogP contribution < -0.4 is 0 Å². The zero-order chi connectivity index (χ0) is 15.6. The molecule has 0 fully saturated rings. The Balaban J connectivity index is 2.03. The average Bonchev–Trinajstić information content (AvgIpc) is 2.84. The van der Waals surface area contributed by atoms with E-state index in [1.807, 2.05) is 0 Å². The van der Waals surface area contributed by atoms with Gasteiger partial charge in [0, 0.05) is 13.1 Å². The van der Waals surface area contributed by atoms with Gasteiger partial charge in [-0.3, -0.25) is 9.59 Å². The van der Waals surface area contributed by atoms with Gasteiger partial charge in [0.15, 0.2) is 5.69 Å². The van der Waals surface area contributed by atoms with E-state index >= 15 is 0 Å². The lowest BCUT2D eigenvalue weighted by atomic mass is 9.83. The van der Waals surface area contributed by atoms with Crippen LogP contribution in [-0.4, -0.2) is 50.0 Å². The summed E-state index contributed by atoms with van der Waals surface area (Å²) < 4.78 is 1.15. The smallest absolute Gasteiger partial charge is 0.325 e. The molecule has 0 bridgehead atoms. The van der Waals surface area contributed by atoms with Crippen LogP contribution in [0.3, 0.4) is 0 Å². The highest BCUT2D eigenvalue weighted by molar-refractivity contribution is 5.92. The van der Waals surface area contributed by atoms with Crippen molar-refractivity contribution < 1.29 is 14.7 Å². The molecule has 0 saturated carbocycles. The highest BCUT2D eigenvalue weighted by atomic mass is 16.4. The summed E-state index contributed by atoms with van der Waals surface area (Å²) >= 11 is 0. The fourth-order valence-electron chi connectivity index (χ4n) is 2.31. The van der Waals surface area contributed by atoms with Crippen molar-refractivity contribution in [2.45, 2.75) is 33.7 Å². The Morgan fingerprint density at radius 2 is 2.10 bits per heavy atom. The fraction of sp³-hybridized carbons (Fsp3) is 0.571. The van der Waals surface area contributed by atoms with Crippen LogP contribution in [0.2, 0.25) is 0 Å². The van der Waals surface area contributed by atoms with Crippen LogP contribution in [0.4, 0.5) is 0 Å². The third-order valence-electron chi connectivity index (χ3n) is 3.51. The van der Waals surface area contributed by atoms with Gasteiger partial charge in [-0.1, -0.05) is 37.6 Å². The summed E-state index contributed by atoms with van der Waals surface area (Å²) in [6.45, 7) is 7.38. The van der Waals surface area contributed by atoms with Crippen molar-refractivity contribution in [2.75, 3.05) is 13.1 Å². The molecular weight excluding hydrogens is 272 g/mol. The Bertz CT molecular complexity index is 583. The predicted molar refractivity (Wildman–Crippen MR) is 75.7 cm³/mol. The molecule has 2 heterocycles. The van der Waals surface area contributed by atoms with E-state index in [0.717, 1.165) is 11.1 Å². The number of hydrogen-bond acceptors (Lipinski definition) is 4. The van der Waals surface area contributed by atoms with Crippen molar-refractivity contribution in [3.63, 3.8) is 0 Å². The van der Waals surface area contributed by atoms with Gasteiger partial charge >= 0.3 is 5.97 Å². The maximum absolute atomic E-state index is 12.3. The molecule has 0 unspecified atom stereocenters. The van der Waals surface area contributed by atoms with Crippen molar-refractivity contribution in [3.05, 3.63) is 23.5 Å². The summed E-state index contributed by atoms with van der Waals surface area (Å²) in [5.74, 6) is -1.23. The van der Waals surface area contributed by atoms with E-state index in [4.69, 9.17) is 5.11 Å². The van der Waals surface area contributed by atoms with Crippen LogP contribution >= 0.6 is 0 Å². The lowest BCUT2D eigenvalue weighted by Gasteiger charge is -2.31. The van der Waals surface area contributed by atoms with Gasteiger partial charge in [-0.05, 0) is 11.8 Å². The van der Waals surface area contributed by atoms with Crippen molar-refractivity contribution in [3.8, 4) is 0 Å². The zero-order valence-corrected chi connectivity index (χ0v) is 12.5. The highest BCUT2D eigenvalue weighted by Gasteiger charge is 2.25. The summed E-state index contributed by atoms with van der Waals surface area (Å²) in [6.07, 6.45) is 4.31. The molecule has 1 amide bonds. The Kier molecular flexibility index (Phi) is 4.11. The van der Waals surface area contributed by atoms with Gasteiger partial charge in [-0.25, -0.2) is 4.68 Å². The number of rotatable bonds is 3. The van der Waals surface area contributed by atoms with Gasteiger partial charge in [0.25, 0.3) is 5.91 Å². The quantitative estimate of drug-likeness (QED) is 0.845. The molecule has 1 N–H and O–H groups in total. The number of carbonyl (C=O) groups is 2. The number of amides is 1. The SMILES string of the molecule is CC(C)(C)C1=CCN(C(=O)c2cn(CC(=O)O)nn2)CC1. The predicted octanol–water partition coefficient (Wildman–Crippen LogP) is 1.18. The van der Waals surface area contributed by atoms with E-state index in [1.54, 1.807) is 4.90 Å². The molecule has 114 valence electrons. The number of nitrogens with zero attached hydrogens (tertiary/aromatic N) is 4. The van der Waals surface area contributed by atoms with Crippen molar-refractivity contribution in [1.29, 1.82) is 0 Å². The van der Waals surface area contributed by atoms with Crippen LogP contribution in [0.5, 0.6) is 0 Å². The average molecular weight is 292 g/mol.